The van der Waals surface area contributed by atoms with Crippen LogP contribution in [0.3, 0.4) is 0 Å². The number of hydrazine groups is 1. The fraction of sp³-hybridized carbons (Fsp3) is 0. The van der Waals surface area contributed by atoms with Crippen molar-refractivity contribution in [1.29, 1.82) is 0 Å². The molecule has 0 spiro atoms. The smallest absolute Gasteiger partial charge is 0.286 e. The normalized spacial score (nSPS) is 10.2. The summed E-state index contributed by atoms with van der Waals surface area (Å²) < 4.78 is 0.760. The molecule has 3 N–H and O–H groups in total. The Kier molecular flexibility index (Phi) is 4.77. The summed E-state index contributed by atoms with van der Waals surface area (Å²) in [4.78, 5) is 26.7. The Labute approximate surface area is 147 Å². The third-order valence-electron chi connectivity index (χ3n) is 3.44. The molecule has 24 heavy (non-hydrogen) atoms. The van der Waals surface area contributed by atoms with Crippen LogP contribution in [-0.2, 0) is 0 Å². The molecule has 0 saturated heterocycles. The number of halogens is 1. The fourth-order valence-electron chi connectivity index (χ4n) is 2.20. The molecule has 120 valence electrons. The maximum absolute atomic E-state index is 12.1. The summed E-state index contributed by atoms with van der Waals surface area (Å²) in [6, 6.07) is 18.7. The Morgan fingerprint density at radius 1 is 0.833 bits per heavy atom. The highest BCUT2D eigenvalue weighted by Crippen LogP contribution is 2.19. The number of hydrogen-bond donors (Lipinski definition) is 3. The van der Waals surface area contributed by atoms with Gasteiger partial charge in [-0.05, 0) is 45.3 Å². The first kappa shape index (κ1) is 16.0. The van der Waals surface area contributed by atoms with Crippen LogP contribution in [0.15, 0.2) is 71.3 Å². The lowest BCUT2D eigenvalue weighted by Crippen LogP contribution is -2.41. The first-order chi connectivity index (χ1) is 11.6. The molecule has 0 aliphatic carbocycles. The van der Waals surface area contributed by atoms with Crippen molar-refractivity contribution in [2.45, 2.75) is 0 Å². The highest BCUT2D eigenvalue weighted by atomic mass is 79.9. The predicted molar refractivity (Wildman–Crippen MR) is 95.3 cm³/mol. The fourth-order valence-corrected chi connectivity index (χ4v) is 2.54. The van der Waals surface area contributed by atoms with Crippen LogP contribution in [0.25, 0.3) is 11.1 Å². The number of benzene rings is 2. The number of aromatic amines is 1. The van der Waals surface area contributed by atoms with Crippen molar-refractivity contribution < 1.29 is 9.59 Å². The number of carbonyl (C=O) groups excluding carboxylic acids is 2. The van der Waals surface area contributed by atoms with Gasteiger partial charge in [0.25, 0.3) is 11.8 Å². The zero-order valence-electron chi connectivity index (χ0n) is 12.5. The Morgan fingerprint density at radius 2 is 1.46 bits per heavy atom. The van der Waals surface area contributed by atoms with Crippen molar-refractivity contribution >= 4 is 27.7 Å². The number of rotatable bonds is 3. The predicted octanol–water partition coefficient (Wildman–Crippen LogP) is 3.52. The summed E-state index contributed by atoms with van der Waals surface area (Å²) in [5.74, 6) is -0.802. The van der Waals surface area contributed by atoms with Crippen molar-refractivity contribution in [3.05, 3.63) is 82.6 Å². The maximum Gasteiger partial charge on any atom is 0.286 e. The summed E-state index contributed by atoms with van der Waals surface area (Å²) in [6.45, 7) is 0. The molecule has 3 rings (SSSR count). The van der Waals surface area contributed by atoms with E-state index in [2.05, 4.69) is 31.8 Å². The number of carbonyl (C=O) groups is 2. The number of H-pyrrole nitrogens is 1. The van der Waals surface area contributed by atoms with E-state index in [1.807, 2.05) is 42.5 Å². The van der Waals surface area contributed by atoms with Crippen molar-refractivity contribution in [2.24, 2.45) is 0 Å². The zero-order valence-corrected chi connectivity index (χ0v) is 14.1. The summed E-state index contributed by atoms with van der Waals surface area (Å²) in [6.07, 6.45) is 1.64. The molecule has 2 aromatic carbocycles. The molecule has 6 heteroatoms. The van der Waals surface area contributed by atoms with Gasteiger partial charge >= 0.3 is 0 Å². The van der Waals surface area contributed by atoms with Crippen LogP contribution in [0.5, 0.6) is 0 Å². The summed E-state index contributed by atoms with van der Waals surface area (Å²) in [5.41, 5.74) is 7.67. The number of aromatic nitrogens is 1. The van der Waals surface area contributed by atoms with Gasteiger partial charge in [0.1, 0.15) is 5.69 Å². The third-order valence-corrected chi connectivity index (χ3v) is 3.89. The van der Waals surface area contributed by atoms with Crippen molar-refractivity contribution in [2.75, 3.05) is 0 Å². The van der Waals surface area contributed by atoms with Gasteiger partial charge in [-0.1, -0.05) is 42.5 Å². The number of nitrogens with one attached hydrogen (secondary N) is 3. The summed E-state index contributed by atoms with van der Waals surface area (Å²) in [5, 5.41) is 0. The largest absolute Gasteiger partial charge is 0.356 e. The van der Waals surface area contributed by atoms with E-state index in [-0.39, 0.29) is 5.91 Å². The molecule has 0 radical (unpaired) electrons. The Balaban J connectivity index is 1.62. The molecule has 1 heterocycles. The average molecular weight is 384 g/mol. The number of amides is 2. The molecule has 0 fully saturated rings. The van der Waals surface area contributed by atoms with Gasteiger partial charge in [0.2, 0.25) is 0 Å². The van der Waals surface area contributed by atoms with Crippen molar-refractivity contribution in [3.8, 4) is 11.1 Å². The quantitative estimate of drug-likeness (QED) is 0.605. The van der Waals surface area contributed by atoms with Crippen molar-refractivity contribution in [3.63, 3.8) is 0 Å². The maximum atomic E-state index is 12.1. The van der Waals surface area contributed by atoms with E-state index >= 15 is 0 Å². The van der Waals surface area contributed by atoms with E-state index in [4.69, 9.17) is 0 Å². The third kappa shape index (κ3) is 3.72. The first-order valence-corrected chi connectivity index (χ1v) is 8.03. The van der Waals surface area contributed by atoms with Crippen LogP contribution < -0.4 is 10.9 Å². The molecular formula is C18H14BrN3O2. The second-order valence-electron chi connectivity index (χ2n) is 5.08. The van der Waals surface area contributed by atoms with Gasteiger partial charge in [-0.2, -0.15) is 0 Å². The zero-order chi connectivity index (χ0) is 16.9. The van der Waals surface area contributed by atoms with Gasteiger partial charge in [-0.15, -0.1) is 0 Å². The average Bonchev–Trinajstić information content (AvgIpc) is 3.07. The molecule has 0 atom stereocenters. The summed E-state index contributed by atoms with van der Waals surface area (Å²) in [7, 11) is 0. The molecule has 3 aromatic rings. The SMILES string of the molecule is O=C(NNC(=O)c1cc(Br)c[nH]1)c1ccc(-c2ccccc2)cc1. The molecule has 0 aliphatic rings. The van der Waals surface area contributed by atoms with E-state index in [0.717, 1.165) is 15.6 Å². The van der Waals surface area contributed by atoms with Crippen LogP contribution in [0.2, 0.25) is 0 Å². The first-order valence-electron chi connectivity index (χ1n) is 7.23. The number of hydrogen-bond acceptors (Lipinski definition) is 2. The second-order valence-corrected chi connectivity index (χ2v) is 6.00. The van der Waals surface area contributed by atoms with E-state index in [1.54, 1.807) is 24.4 Å². The van der Waals surface area contributed by atoms with Gasteiger partial charge in [-0.3, -0.25) is 20.4 Å². The molecule has 0 saturated carbocycles. The molecule has 0 aliphatic heterocycles. The Morgan fingerprint density at radius 3 is 2.08 bits per heavy atom. The lowest BCUT2D eigenvalue weighted by atomic mass is 10.0. The van der Waals surface area contributed by atoms with Gasteiger partial charge in [-0.25, -0.2) is 0 Å². The van der Waals surface area contributed by atoms with Gasteiger partial charge in [0, 0.05) is 16.2 Å². The van der Waals surface area contributed by atoms with Gasteiger partial charge < -0.3 is 4.98 Å². The van der Waals surface area contributed by atoms with Crippen molar-refractivity contribution in [1.82, 2.24) is 15.8 Å². The molecule has 5 nitrogen and oxygen atoms in total. The molecular weight excluding hydrogens is 370 g/mol. The van der Waals surface area contributed by atoms with E-state index in [0.29, 0.717) is 11.3 Å². The van der Waals surface area contributed by atoms with Crippen LogP contribution in [-0.4, -0.2) is 16.8 Å². The Hall–Kier alpha value is -2.86. The lowest BCUT2D eigenvalue weighted by molar-refractivity contribution is 0.0844. The van der Waals surface area contributed by atoms with E-state index in [1.165, 1.54) is 0 Å². The topological polar surface area (TPSA) is 74.0 Å². The van der Waals surface area contributed by atoms with E-state index < -0.39 is 5.91 Å². The summed E-state index contributed by atoms with van der Waals surface area (Å²) >= 11 is 3.24. The molecule has 0 bridgehead atoms. The minimum atomic E-state index is -0.421. The van der Waals surface area contributed by atoms with Gasteiger partial charge in [0.05, 0.1) is 0 Å². The monoisotopic (exact) mass is 383 g/mol. The van der Waals surface area contributed by atoms with Crippen LogP contribution >= 0.6 is 15.9 Å². The molecule has 0 unspecified atom stereocenters. The highest BCUT2D eigenvalue weighted by molar-refractivity contribution is 9.10. The molecule has 2 amide bonds. The minimum Gasteiger partial charge on any atom is -0.356 e. The Bertz CT molecular complexity index is 857. The minimum absolute atomic E-state index is 0.349. The molecule has 1 aromatic heterocycles. The van der Waals surface area contributed by atoms with E-state index in [9.17, 15) is 9.59 Å². The second kappa shape index (κ2) is 7.14. The standard InChI is InChI=1S/C18H14BrN3O2/c19-15-10-16(20-11-15)18(24)22-21-17(23)14-8-6-13(7-9-14)12-4-2-1-3-5-12/h1-11,20H,(H,21,23)(H,22,24). The lowest BCUT2D eigenvalue weighted by Gasteiger charge is -2.07. The highest BCUT2D eigenvalue weighted by Gasteiger charge is 2.10. The van der Waals surface area contributed by atoms with Crippen LogP contribution in [0.4, 0.5) is 0 Å². The van der Waals surface area contributed by atoms with Crippen LogP contribution in [0.1, 0.15) is 20.8 Å². The van der Waals surface area contributed by atoms with Crippen LogP contribution in [0, 0.1) is 0 Å². The van der Waals surface area contributed by atoms with Gasteiger partial charge in [0.15, 0.2) is 0 Å².